The Bertz CT molecular complexity index is 1020. The van der Waals surface area contributed by atoms with Crippen molar-refractivity contribution in [2.75, 3.05) is 5.32 Å². The standard InChI is InChI=1S/C22H18N2O/c25-18-10-4-9-16-19(18)20-17(12-11-15-8-5-13-23-22(15)20)24-21(16)14-6-2-1-3-7-14/h1-3,5-8,11-13,21,24H,4,9-10H2. The monoisotopic (exact) mass is 326 g/mol. The Labute approximate surface area is 146 Å². The van der Waals surface area contributed by atoms with Crippen molar-refractivity contribution in [1.82, 2.24) is 4.98 Å². The summed E-state index contributed by atoms with van der Waals surface area (Å²) in [4.78, 5) is 17.5. The van der Waals surface area contributed by atoms with Crippen LogP contribution in [0.3, 0.4) is 0 Å². The van der Waals surface area contributed by atoms with Crippen LogP contribution in [-0.2, 0) is 4.79 Å². The van der Waals surface area contributed by atoms with Crippen molar-refractivity contribution in [1.29, 1.82) is 0 Å². The minimum atomic E-state index is 0.0640. The van der Waals surface area contributed by atoms with Gasteiger partial charge in [0.2, 0.25) is 0 Å². The first-order chi connectivity index (χ1) is 12.3. The highest BCUT2D eigenvalue weighted by Crippen LogP contribution is 2.47. The average molecular weight is 326 g/mol. The van der Waals surface area contributed by atoms with E-state index >= 15 is 0 Å². The predicted octanol–water partition coefficient (Wildman–Crippen LogP) is 4.91. The molecule has 2 aliphatic rings. The number of aromatic nitrogens is 1. The van der Waals surface area contributed by atoms with Crippen LogP contribution in [0.2, 0.25) is 0 Å². The molecule has 0 saturated carbocycles. The molecule has 1 N–H and O–H groups in total. The molecule has 2 aromatic carbocycles. The maximum Gasteiger partial charge on any atom is 0.163 e. The second kappa shape index (κ2) is 5.55. The van der Waals surface area contributed by atoms with Crippen LogP contribution in [0.5, 0.6) is 0 Å². The van der Waals surface area contributed by atoms with Gasteiger partial charge in [-0.15, -0.1) is 0 Å². The number of rotatable bonds is 1. The van der Waals surface area contributed by atoms with Crippen LogP contribution < -0.4 is 5.32 Å². The molecule has 1 aliphatic heterocycles. The van der Waals surface area contributed by atoms with Crippen LogP contribution in [0.1, 0.15) is 36.4 Å². The number of carbonyl (C=O) groups is 1. The van der Waals surface area contributed by atoms with E-state index in [9.17, 15) is 4.79 Å². The van der Waals surface area contributed by atoms with Crippen LogP contribution in [0.15, 0.2) is 66.4 Å². The van der Waals surface area contributed by atoms with Crippen LogP contribution in [0.25, 0.3) is 16.5 Å². The van der Waals surface area contributed by atoms with Gasteiger partial charge in [-0.25, -0.2) is 0 Å². The first-order valence-electron chi connectivity index (χ1n) is 8.79. The van der Waals surface area contributed by atoms with Crippen molar-refractivity contribution in [3.63, 3.8) is 0 Å². The lowest BCUT2D eigenvalue weighted by Crippen LogP contribution is -2.25. The number of hydrogen-bond donors (Lipinski definition) is 1. The van der Waals surface area contributed by atoms with E-state index in [2.05, 4.69) is 52.8 Å². The molecule has 1 unspecified atom stereocenters. The summed E-state index contributed by atoms with van der Waals surface area (Å²) in [6, 6.07) is 18.6. The maximum absolute atomic E-state index is 12.9. The molecule has 0 radical (unpaired) electrons. The van der Waals surface area contributed by atoms with Gasteiger partial charge in [0.05, 0.1) is 11.6 Å². The highest BCUT2D eigenvalue weighted by atomic mass is 16.1. The predicted molar refractivity (Wildman–Crippen MR) is 100 cm³/mol. The maximum atomic E-state index is 12.9. The third-order valence-corrected chi connectivity index (χ3v) is 5.26. The van der Waals surface area contributed by atoms with Crippen molar-refractivity contribution in [3.05, 3.63) is 77.5 Å². The van der Waals surface area contributed by atoms with Crippen LogP contribution in [0, 0.1) is 0 Å². The van der Waals surface area contributed by atoms with Gasteiger partial charge in [0, 0.05) is 34.8 Å². The van der Waals surface area contributed by atoms with Crippen molar-refractivity contribution in [2.24, 2.45) is 0 Å². The molecule has 0 bridgehead atoms. The van der Waals surface area contributed by atoms with Gasteiger partial charge in [-0.1, -0.05) is 42.5 Å². The zero-order valence-corrected chi connectivity index (χ0v) is 13.8. The van der Waals surface area contributed by atoms with E-state index in [1.807, 2.05) is 12.1 Å². The van der Waals surface area contributed by atoms with Crippen LogP contribution in [0.4, 0.5) is 5.69 Å². The summed E-state index contributed by atoms with van der Waals surface area (Å²) < 4.78 is 0. The van der Waals surface area contributed by atoms with E-state index in [-0.39, 0.29) is 11.8 Å². The molecule has 2 heterocycles. The zero-order chi connectivity index (χ0) is 16.8. The summed E-state index contributed by atoms with van der Waals surface area (Å²) >= 11 is 0. The summed E-state index contributed by atoms with van der Waals surface area (Å²) in [5.74, 6) is 0.253. The highest BCUT2D eigenvalue weighted by Gasteiger charge is 2.34. The van der Waals surface area contributed by atoms with Gasteiger partial charge >= 0.3 is 0 Å². The number of fused-ring (bicyclic) bond motifs is 4. The van der Waals surface area contributed by atoms with Gasteiger partial charge in [0.1, 0.15) is 0 Å². The molecule has 1 aliphatic carbocycles. The molecule has 1 atom stereocenters. The fraction of sp³-hybridized carbons (Fsp3) is 0.182. The lowest BCUT2D eigenvalue weighted by atomic mass is 9.77. The Kier molecular flexibility index (Phi) is 3.20. The number of Topliss-reactive ketones (excluding diaryl/α,β-unsaturated/α-hetero) is 1. The van der Waals surface area contributed by atoms with Gasteiger partial charge in [0.15, 0.2) is 5.78 Å². The van der Waals surface area contributed by atoms with Gasteiger partial charge in [-0.2, -0.15) is 0 Å². The van der Waals surface area contributed by atoms with Gasteiger partial charge in [-0.3, -0.25) is 9.78 Å². The molecule has 25 heavy (non-hydrogen) atoms. The third-order valence-electron chi connectivity index (χ3n) is 5.26. The van der Waals surface area contributed by atoms with Gasteiger partial charge < -0.3 is 5.32 Å². The first-order valence-corrected chi connectivity index (χ1v) is 8.79. The van der Waals surface area contributed by atoms with Crippen molar-refractivity contribution < 1.29 is 4.79 Å². The average Bonchev–Trinajstić information content (AvgIpc) is 2.68. The SMILES string of the molecule is O=C1CCCC2=C1c1c(ccc3cccnc13)NC2c1ccccc1. The topological polar surface area (TPSA) is 42.0 Å². The molecule has 0 spiro atoms. The Balaban J connectivity index is 1.81. The summed E-state index contributed by atoms with van der Waals surface area (Å²) in [5.41, 5.74) is 6.24. The second-order valence-corrected chi connectivity index (χ2v) is 6.73. The van der Waals surface area contributed by atoms with Crippen LogP contribution in [-0.4, -0.2) is 10.8 Å². The lowest BCUT2D eigenvalue weighted by Gasteiger charge is -2.35. The van der Waals surface area contributed by atoms with E-state index in [1.54, 1.807) is 6.20 Å². The molecule has 0 amide bonds. The molecular formula is C22H18N2O. The lowest BCUT2D eigenvalue weighted by molar-refractivity contribution is -0.114. The number of anilines is 1. The van der Waals surface area contributed by atoms with Crippen LogP contribution >= 0.6 is 0 Å². The third kappa shape index (κ3) is 2.19. The normalized spacial score (nSPS) is 19.4. The number of nitrogens with zero attached hydrogens (tertiary/aromatic N) is 1. The number of nitrogens with one attached hydrogen (secondary N) is 1. The number of benzene rings is 2. The van der Waals surface area contributed by atoms with E-state index in [0.29, 0.717) is 6.42 Å². The molecule has 122 valence electrons. The quantitative estimate of drug-likeness (QED) is 0.691. The van der Waals surface area contributed by atoms with E-state index in [4.69, 9.17) is 0 Å². The number of pyridine rings is 1. The second-order valence-electron chi connectivity index (χ2n) is 6.73. The number of ketones is 1. The van der Waals surface area contributed by atoms with E-state index in [1.165, 1.54) is 11.1 Å². The molecular weight excluding hydrogens is 308 g/mol. The van der Waals surface area contributed by atoms with Crippen molar-refractivity contribution >= 4 is 27.9 Å². The molecule has 3 nitrogen and oxygen atoms in total. The Hall–Kier alpha value is -2.94. The van der Waals surface area contributed by atoms with Crippen molar-refractivity contribution in [2.45, 2.75) is 25.3 Å². The Morgan fingerprint density at radius 1 is 0.960 bits per heavy atom. The summed E-state index contributed by atoms with van der Waals surface area (Å²) in [5, 5.41) is 4.75. The van der Waals surface area contributed by atoms with Gasteiger partial charge in [-0.05, 0) is 36.1 Å². The molecule has 3 aromatic rings. The molecule has 5 rings (SSSR count). The number of allylic oxidation sites excluding steroid dienone is 1. The Morgan fingerprint density at radius 2 is 1.84 bits per heavy atom. The van der Waals surface area contributed by atoms with Crippen molar-refractivity contribution in [3.8, 4) is 0 Å². The smallest absolute Gasteiger partial charge is 0.163 e. The molecule has 0 saturated heterocycles. The summed E-state index contributed by atoms with van der Waals surface area (Å²) in [6.07, 6.45) is 4.31. The summed E-state index contributed by atoms with van der Waals surface area (Å²) in [6.45, 7) is 0. The minimum Gasteiger partial charge on any atom is -0.374 e. The molecule has 0 fully saturated rings. The Morgan fingerprint density at radius 3 is 2.72 bits per heavy atom. The summed E-state index contributed by atoms with van der Waals surface area (Å²) in [7, 11) is 0. The highest BCUT2D eigenvalue weighted by molar-refractivity contribution is 6.27. The zero-order valence-electron chi connectivity index (χ0n) is 13.8. The van der Waals surface area contributed by atoms with Gasteiger partial charge in [0.25, 0.3) is 0 Å². The minimum absolute atomic E-state index is 0.0640. The molecule has 1 aromatic heterocycles. The fourth-order valence-corrected chi connectivity index (χ4v) is 4.15. The number of hydrogen-bond acceptors (Lipinski definition) is 3. The number of carbonyl (C=O) groups excluding carboxylic acids is 1. The molecule has 3 heteroatoms. The largest absolute Gasteiger partial charge is 0.374 e. The van der Waals surface area contributed by atoms with E-state index in [0.717, 1.165) is 40.6 Å². The first kappa shape index (κ1) is 14.4. The fourth-order valence-electron chi connectivity index (χ4n) is 4.15. The van der Waals surface area contributed by atoms with E-state index < -0.39 is 0 Å².